The molecule has 27 heavy (non-hydrogen) atoms. The Morgan fingerprint density at radius 3 is 1.96 bits per heavy atom. The van der Waals surface area contributed by atoms with Crippen LogP contribution in [0, 0.1) is 5.41 Å². The third-order valence-electron chi connectivity index (χ3n) is 3.99. The summed E-state index contributed by atoms with van der Waals surface area (Å²) in [7, 11) is -3.84. The highest BCUT2D eigenvalue weighted by Gasteiger charge is 2.32. The Morgan fingerprint density at radius 2 is 1.48 bits per heavy atom. The molecule has 1 aromatic rings. The molecule has 1 saturated heterocycles. The number of nitrogens with one attached hydrogen (secondary N) is 1. The van der Waals surface area contributed by atoms with E-state index in [1.54, 1.807) is 30.6 Å². The zero-order valence-corrected chi connectivity index (χ0v) is 17.6. The van der Waals surface area contributed by atoms with Gasteiger partial charge in [0.1, 0.15) is 0 Å². The quantitative estimate of drug-likeness (QED) is 0.834. The summed E-state index contributed by atoms with van der Waals surface area (Å²) < 4.78 is 32.4. The molecule has 1 aliphatic heterocycles. The van der Waals surface area contributed by atoms with E-state index in [-0.39, 0.29) is 22.7 Å². The molecule has 1 aliphatic rings. The number of carbonyl (C=O) groups is 2. The maximum Gasteiger partial charge on any atom is 0.289 e. The van der Waals surface area contributed by atoms with Crippen molar-refractivity contribution in [2.24, 2.45) is 5.41 Å². The minimum absolute atomic E-state index is 0.0279. The summed E-state index contributed by atoms with van der Waals surface area (Å²) in [5.41, 5.74) is -1.12. The van der Waals surface area contributed by atoms with Gasteiger partial charge in [-0.3, -0.25) is 9.59 Å². The first kappa shape index (κ1) is 21.4. The van der Waals surface area contributed by atoms with Crippen LogP contribution in [0.4, 0.5) is 0 Å². The maximum atomic E-state index is 12.6. The molecular formula is C18H29N3O5S. The molecule has 2 amide bonds. The smallest absolute Gasteiger partial charge is 0.289 e. The fourth-order valence-corrected chi connectivity index (χ4v) is 4.13. The number of sulfonamides is 1. The molecule has 0 atom stereocenters. The molecule has 9 heteroatoms. The molecule has 0 aliphatic carbocycles. The van der Waals surface area contributed by atoms with Gasteiger partial charge in [0.05, 0.1) is 0 Å². The van der Waals surface area contributed by atoms with Crippen LogP contribution in [0.1, 0.15) is 52.1 Å². The summed E-state index contributed by atoms with van der Waals surface area (Å²) in [5, 5.41) is -0.290. The van der Waals surface area contributed by atoms with Crippen molar-refractivity contribution in [3.05, 3.63) is 17.9 Å². The van der Waals surface area contributed by atoms with E-state index in [2.05, 4.69) is 4.72 Å². The van der Waals surface area contributed by atoms with Gasteiger partial charge >= 0.3 is 0 Å². The van der Waals surface area contributed by atoms with Crippen molar-refractivity contribution in [3.8, 4) is 0 Å². The number of carbonyl (C=O) groups excluding carboxylic acids is 2. The van der Waals surface area contributed by atoms with E-state index in [4.69, 9.17) is 4.42 Å². The van der Waals surface area contributed by atoms with Gasteiger partial charge in [-0.1, -0.05) is 20.8 Å². The predicted octanol–water partition coefficient (Wildman–Crippen LogP) is 1.69. The number of hydrogen-bond acceptors (Lipinski definition) is 5. The Hall–Kier alpha value is -1.87. The van der Waals surface area contributed by atoms with Gasteiger partial charge in [-0.2, -0.15) is 0 Å². The number of nitrogens with zero attached hydrogens (tertiary/aromatic N) is 2. The van der Waals surface area contributed by atoms with E-state index in [1.165, 1.54) is 12.1 Å². The lowest BCUT2D eigenvalue weighted by Crippen LogP contribution is -2.53. The fraction of sp³-hybridized carbons (Fsp3) is 0.667. The Balaban J connectivity index is 2.04. The van der Waals surface area contributed by atoms with E-state index in [0.29, 0.717) is 26.2 Å². The Bertz CT molecular complexity index is 807. The minimum Gasteiger partial charge on any atom is -0.438 e. The third-order valence-corrected chi connectivity index (χ3v) is 5.62. The van der Waals surface area contributed by atoms with Gasteiger partial charge in [0.2, 0.25) is 11.0 Å². The van der Waals surface area contributed by atoms with Gasteiger partial charge in [-0.15, -0.1) is 0 Å². The van der Waals surface area contributed by atoms with Gasteiger partial charge in [-0.05, 0) is 32.9 Å². The van der Waals surface area contributed by atoms with Crippen LogP contribution in [0.2, 0.25) is 0 Å². The topological polar surface area (TPSA) is 99.9 Å². The van der Waals surface area contributed by atoms with Crippen molar-refractivity contribution in [1.82, 2.24) is 14.5 Å². The van der Waals surface area contributed by atoms with Crippen LogP contribution in [0.25, 0.3) is 0 Å². The van der Waals surface area contributed by atoms with Crippen LogP contribution in [-0.2, 0) is 14.8 Å². The first-order valence-corrected chi connectivity index (χ1v) is 10.4. The number of piperazine rings is 1. The molecule has 8 nitrogen and oxygen atoms in total. The van der Waals surface area contributed by atoms with Crippen LogP contribution in [0.5, 0.6) is 0 Å². The second-order valence-corrected chi connectivity index (χ2v) is 10.4. The zero-order chi connectivity index (χ0) is 20.6. The molecular weight excluding hydrogens is 370 g/mol. The van der Waals surface area contributed by atoms with Crippen molar-refractivity contribution >= 4 is 21.8 Å². The highest BCUT2D eigenvalue weighted by atomic mass is 32.2. The lowest BCUT2D eigenvalue weighted by atomic mass is 9.94. The summed E-state index contributed by atoms with van der Waals surface area (Å²) in [6, 6.07) is 2.65. The molecule has 1 N–H and O–H groups in total. The van der Waals surface area contributed by atoms with Gasteiger partial charge in [0.25, 0.3) is 15.9 Å². The summed E-state index contributed by atoms with van der Waals surface area (Å²) in [6.45, 7) is 12.4. The molecule has 0 spiro atoms. The van der Waals surface area contributed by atoms with Crippen LogP contribution >= 0.6 is 0 Å². The molecule has 0 saturated carbocycles. The monoisotopic (exact) mass is 399 g/mol. The molecule has 0 bridgehead atoms. The molecule has 2 rings (SSSR count). The highest BCUT2D eigenvalue weighted by molar-refractivity contribution is 7.89. The summed E-state index contributed by atoms with van der Waals surface area (Å²) in [5.74, 6) is -0.357. The largest absolute Gasteiger partial charge is 0.438 e. The summed E-state index contributed by atoms with van der Waals surface area (Å²) in [4.78, 5) is 28.2. The lowest BCUT2D eigenvalue weighted by Gasteiger charge is -2.37. The fourth-order valence-electron chi connectivity index (χ4n) is 2.78. The van der Waals surface area contributed by atoms with E-state index in [0.717, 1.165) is 0 Å². The maximum absolute atomic E-state index is 12.6. The van der Waals surface area contributed by atoms with Crippen LogP contribution < -0.4 is 4.72 Å². The molecule has 1 aromatic heterocycles. The first-order chi connectivity index (χ1) is 12.2. The van der Waals surface area contributed by atoms with Crippen LogP contribution in [0.15, 0.2) is 21.6 Å². The molecule has 0 unspecified atom stereocenters. The van der Waals surface area contributed by atoms with Gasteiger partial charge in [0.15, 0.2) is 5.76 Å². The van der Waals surface area contributed by atoms with Gasteiger partial charge < -0.3 is 14.2 Å². The Kier molecular flexibility index (Phi) is 5.77. The second kappa shape index (κ2) is 7.27. The number of amides is 2. The van der Waals surface area contributed by atoms with Crippen molar-refractivity contribution in [2.75, 3.05) is 26.2 Å². The average molecular weight is 400 g/mol. The Labute approximate surface area is 160 Å². The van der Waals surface area contributed by atoms with Crippen LogP contribution in [-0.4, -0.2) is 61.7 Å². The predicted molar refractivity (Wildman–Crippen MR) is 101 cm³/mol. The molecule has 152 valence electrons. The minimum atomic E-state index is -3.84. The average Bonchev–Trinajstić information content (AvgIpc) is 3.01. The van der Waals surface area contributed by atoms with Gasteiger partial charge in [0, 0.05) is 37.1 Å². The van der Waals surface area contributed by atoms with Crippen LogP contribution in [0.3, 0.4) is 0 Å². The molecule has 1 fully saturated rings. The summed E-state index contributed by atoms with van der Waals surface area (Å²) in [6.07, 6.45) is 0. The number of hydrogen-bond donors (Lipinski definition) is 1. The number of furan rings is 1. The molecule has 0 aromatic carbocycles. The zero-order valence-electron chi connectivity index (χ0n) is 16.8. The summed E-state index contributed by atoms with van der Waals surface area (Å²) >= 11 is 0. The van der Waals surface area contributed by atoms with E-state index >= 15 is 0 Å². The van der Waals surface area contributed by atoms with E-state index in [1.807, 2.05) is 20.8 Å². The van der Waals surface area contributed by atoms with Crippen molar-refractivity contribution in [3.63, 3.8) is 0 Å². The van der Waals surface area contributed by atoms with Crippen molar-refractivity contribution < 1.29 is 22.4 Å². The lowest BCUT2D eigenvalue weighted by molar-refractivity contribution is -0.140. The Morgan fingerprint density at radius 1 is 0.963 bits per heavy atom. The molecule has 2 heterocycles. The van der Waals surface area contributed by atoms with E-state index < -0.39 is 21.0 Å². The standard InChI is InChI=1S/C18H29N3O5S/c1-17(2,3)16(23)21-11-9-20(10-12-21)15(22)13-7-8-14(26-13)27(24,25)19-18(4,5)6/h7-8,19H,9-12H2,1-6H3. The van der Waals surface area contributed by atoms with Crippen molar-refractivity contribution in [1.29, 1.82) is 0 Å². The first-order valence-electron chi connectivity index (χ1n) is 8.93. The molecule has 0 radical (unpaired) electrons. The van der Waals surface area contributed by atoms with Crippen molar-refractivity contribution in [2.45, 2.75) is 52.2 Å². The normalized spacial score (nSPS) is 16.5. The SMILES string of the molecule is CC(C)(C)NS(=O)(=O)c1ccc(C(=O)N2CCN(C(=O)C(C)(C)C)CC2)o1. The van der Waals surface area contributed by atoms with E-state index in [9.17, 15) is 18.0 Å². The number of rotatable bonds is 3. The third kappa shape index (κ3) is 5.32. The second-order valence-electron chi connectivity index (χ2n) is 8.81. The van der Waals surface area contributed by atoms with Gasteiger partial charge in [-0.25, -0.2) is 13.1 Å². The highest BCUT2D eigenvalue weighted by Crippen LogP contribution is 2.21.